The molecule has 3 heteroatoms. The number of fused-ring (bicyclic) bond motifs is 1. The van der Waals surface area contributed by atoms with Gasteiger partial charge in [-0.2, -0.15) is 0 Å². The second kappa shape index (κ2) is 4.82. The maximum absolute atomic E-state index is 12.2. The number of nitrogens with zero attached hydrogens (tertiary/aromatic N) is 1. The van der Waals surface area contributed by atoms with Crippen LogP contribution in [-0.2, 0) is 0 Å². The van der Waals surface area contributed by atoms with Crippen molar-refractivity contribution in [2.45, 2.75) is 25.8 Å². The molecule has 1 aromatic heterocycles. The van der Waals surface area contributed by atoms with Gasteiger partial charge in [0.1, 0.15) is 5.58 Å². The Morgan fingerprint density at radius 3 is 2.84 bits per heavy atom. The highest BCUT2D eigenvalue weighted by Gasteiger charge is 2.31. The zero-order valence-corrected chi connectivity index (χ0v) is 11.4. The number of carbonyl (C=O) groups is 1. The van der Waals surface area contributed by atoms with Gasteiger partial charge in [0.15, 0.2) is 5.76 Å². The number of likely N-dealkylation sites (N-methyl/N-ethyl adjacent to an activating group) is 1. The lowest BCUT2D eigenvalue weighted by molar-refractivity contribution is 0.0892. The molecule has 0 radical (unpaired) electrons. The van der Waals surface area contributed by atoms with E-state index in [1.165, 1.54) is 12.8 Å². The summed E-state index contributed by atoms with van der Waals surface area (Å²) in [5, 5.41) is 0.990. The number of benzene rings is 1. The van der Waals surface area contributed by atoms with Gasteiger partial charge in [0.2, 0.25) is 5.78 Å². The third kappa shape index (κ3) is 2.56. The molecule has 1 aliphatic carbocycles. The van der Waals surface area contributed by atoms with Crippen LogP contribution in [0.4, 0.5) is 0 Å². The van der Waals surface area contributed by atoms with E-state index in [2.05, 4.69) is 11.8 Å². The van der Waals surface area contributed by atoms with E-state index in [1.54, 1.807) is 0 Å². The van der Waals surface area contributed by atoms with Gasteiger partial charge in [-0.3, -0.25) is 9.69 Å². The number of carbonyl (C=O) groups excluding carboxylic acids is 1. The topological polar surface area (TPSA) is 33.5 Å². The highest BCUT2D eigenvalue weighted by molar-refractivity contribution is 5.98. The molecule has 3 nitrogen and oxygen atoms in total. The average Bonchev–Trinajstić information content (AvgIpc) is 3.16. The Kier molecular flexibility index (Phi) is 3.15. The SMILES string of the molecule is CC(C1CC1)N(C)CC(=O)c1cc2ccccc2o1. The first kappa shape index (κ1) is 12.4. The number of rotatable bonds is 5. The van der Waals surface area contributed by atoms with E-state index in [9.17, 15) is 4.79 Å². The quantitative estimate of drug-likeness (QED) is 0.770. The summed E-state index contributed by atoms with van der Waals surface area (Å²) in [5.41, 5.74) is 0.781. The van der Waals surface area contributed by atoms with E-state index in [-0.39, 0.29) is 5.78 Å². The molecule has 0 bridgehead atoms. The number of ketones is 1. The first-order valence-corrected chi connectivity index (χ1v) is 6.87. The Labute approximate surface area is 113 Å². The van der Waals surface area contributed by atoms with Gasteiger partial charge in [-0.25, -0.2) is 0 Å². The first-order valence-electron chi connectivity index (χ1n) is 6.87. The molecule has 100 valence electrons. The summed E-state index contributed by atoms with van der Waals surface area (Å²) in [6, 6.07) is 10.0. The molecule has 0 N–H and O–H groups in total. The Morgan fingerprint density at radius 2 is 2.16 bits per heavy atom. The molecule has 2 aromatic rings. The second-order valence-corrected chi connectivity index (χ2v) is 5.56. The summed E-state index contributed by atoms with van der Waals surface area (Å²) in [6.45, 7) is 2.63. The van der Waals surface area contributed by atoms with Crippen LogP contribution in [0.2, 0.25) is 0 Å². The van der Waals surface area contributed by atoms with E-state index >= 15 is 0 Å². The van der Waals surface area contributed by atoms with Crippen molar-refractivity contribution in [3.8, 4) is 0 Å². The number of furan rings is 1. The highest BCUT2D eigenvalue weighted by atomic mass is 16.3. The average molecular weight is 257 g/mol. The fourth-order valence-corrected chi connectivity index (χ4v) is 2.51. The molecule has 1 saturated carbocycles. The smallest absolute Gasteiger partial charge is 0.211 e. The van der Waals surface area contributed by atoms with E-state index < -0.39 is 0 Å². The molecule has 1 atom stereocenters. The van der Waals surface area contributed by atoms with E-state index in [0.717, 1.165) is 16.9 Å². The summed E-state index contributed by atoms with van der Waals surface area (Å²) in [5.74, 6) is 1.30. The van der Waals surface area contributed by atoms with Gasteiger partial charge in [0.25, 0.3) is 0 Å². The van der Waals surface area contributed by atoms with Crippen molar-refractivity contribution in [1.82, 2.24) is 4.90 Å². The van der Waals surface area contributed by atoms with Crippen molar-refractivity contribution < 1.29 is 9.21 Å². The maximum Gasteiger partial charge on any atom is 0.211 e. The zero-order valence-electron chi connectivity index (χ0n) is 11.4. The Bertz CT molecular complexity index is 565. The van der Waals surface area contributed by atoms with Crippen molar-refractivity contribution >= 4 is 16.8 Å². The van der Waals surface area contributed by atoms with Crippen molar-refractivity contribution in [1.29, 1.82) is 0 Å². The summed E-state index contributed by atoms with van der Waals surface area (Å²) in [6.07, 6.45) is 2.59. The minimum atomic E-state index is 0.0613. The largest absolute Gasteiger partial charge is 0.453 e. The van der Waals surface area contributed by atoms with Crippen LogP contribution in [0, 0.1) is 5.92 Å². The lowest BCUT2D eigenvalue weighted by Crippen LogP contribution is -2.35. The van der Waals surface area contributed by atoms with Crippen LogP contribution < -0.4 is 0 Å². The minimum Gasteiger partial charge on any atom is -0.453 e. The summed E-state index contributed by atoms with van der Waals surface area (Å²) in [7, 11) is 2.02. The number of Topliss-reactive ketones (excluding diaryl/α,β-unsaturated/α-hetero) is 1. The Morgan fingerprint density at radius 1 is 1.42 bits per heavy atom. The second-order valence-electron chi connectivity index (χ2n) is 5.56. The summed E-state index contributed by atoms with van der Waals surface area (Å²) >= 11 is 0. The Balaban J connectivity index is 1.72. The maximum atomic E-state index is 12.2. The van der Waals surface area contributed by atoms with Crippen LogP contribution in [0.15, 0.2) is 34.7 Å². The van der Waals surface area contributed by atoms with Gasteiger partial charge in [-0.05, 0) is 44.9 Å². The fraction of sp³-hybridized carbons (Fsp3) is 0.438. The van der Waals surface area contributed by atoms with Crippen molar-refractivity contribution in [3.05, 3.63) is 36.1 Å². The lowest BCUT2D eigenvalue weighted by Gasteiger charge is -2.23. The molecule has 1 heterocycles. The molecule has 3 rings (SSSR count). The third-order valence-electron chi connectivity index (χ3n) is 4.09. The minimum absolute atomic E-state index is 0.0613. The van der Waals surface area contributed by atoms with Gasteiger partial charge in [-0.1, -0.05) is 18.2 Å². The van der Waals surface area contributed by atoms with Crippen LogP contribution >= 0.6 is 0 Å². The van der Waals surface area contributed by atoms with Gasteiger partial charge < -0.3 is 4.42 Å². The van der Waals surface area contributed by atoms with Crippen LogP contribution in [0.25, 0.3) is 11.0 Å². The molecular formula is C16H19NO2. The Hall–Kier alpha value is -1.61. The van der Waals surface area contributed by atoms with Crippen LogP contribution in [0.5, 0.6) is 0 Å². The fourth-order valence-electron chi connectivity index (χ4n) is 2.51. The van der Waals surface area contributed by atoms with Crippen molar-refractivity contribution in [3.63, 3.8) is 0 Å². The van der Waals surface area contributed by atoms with Crippen LogP contribution in [0.1, 0.15) is 30.3 Å². The third-order valence-corrected chi connectivity index (χ3v) is 4.09. The van der Waals surface area contributed by atoms with Gasteiger partial charge in [-0.15, -0.1) is 0 Å². The van der Waals surface area contributed by atoms with E-state index in [0.29, 0.717) is 18.3 Å². The molecule has 0 spiro atoms. The van der Waals surface area contributed by atoms with Gasteiger partial charge >= 0.3 is 0 Å². The number of hydrogen-bond donors (Lipinski definition) is 0. The standard InChI is InChI=1S/C16H19NO2/c1-11(12-7-8-12)17(2)10-14(18)16-9-13-5-3-4-6-15(13)19-16/h3-6,9,11-12H,7-8,10H2,1-2H3. The molecule has 0 amide bonds. The highest BCUT2D eigenvalue weighted by Crippen LogP contribution is 2.34. The van der Waals surface area contributed by atoms with Crippen LogP contribution in [-0.4, -0.2) is 30.3 Å². The van der Waals surface area contributed by atoms with Crippen LogP contribution in [0.3, 0.4) is 0 Å². The number of hydrogen-bond acceptors (Lipinski definition) is 3. The lowest BCUT2D eigenvalue weighted by atomic mass is 10.1. The van der Waals surface area contributed by atoms with E-state index in [1.807, 2.05) is 37.4 Å². The van der Waals surface area contributed by atoms with Gasteiger partial charge in [0, 0.05) is 11.4 Å². The normalized spacial score (nSPS) is 17.0. The predicted octanol–water partition coefficient (Wildman–Crippen LogP) is 3.35. The molecule has 19 heavy (non-hydrogen) atoms. The molecule has 0 aliphatic heterocycles. The monoisotopic (exact) mass is 257 g/mol. The zero-order chi connectivity index (χ0) is 13.4. The van der Waals surface area contributed by atoms with Crippen molar-refractivity contribution in [2.24, 2.45) is 5.92 Å². The first-order chi connectivity index (χ1) is 9.15. The molecule has 1 aliphatic rings. The molecule has 1 fully saturated rings. The van der Waals surface area contributed by atoms with Crippen molar-refractivity contribution in [2.75, 3.05) is 13.6 Å². The molecule has 1 unspecified atom stereocenters. The molecule has 0 saturated heterocycles. The number of para-hydroxylation sites is 1. The van der Waals surface area contributed by atoms with E-state index in [4.69, 9.17) is 4.42 Å². The summed E-state index contributed by atoms with van der Waals surface area (Å²) in [4.78, 5) is 14.4. The van der Waals surface area contributed by atoms with Gasteiger partial charge in [0.05, 0.1) is 6.54 Å². The predicted molar refractivity (Wildman–Crippen MR) is 75.4 cm³/mol. The summed E-state index contributed by atoms with van der Waals surface area (Å²) < 4.78 is 5.61. The molecular weight excluding hydrogens is 238 g/mol. The molecule has 1 aromatic carbocycles.